The molecule has 6 nitrogen and oxygen atoms in total. The fourth-order valence-electron chi connectivity index (χ4n) is 3.11. The number of nitrogens with zero attached hydrogens (tertiary/aromatic N) is 1. The molecule has 25 heavy (non-hydrogen) atoms. The van der Waals surface area contributed by atoms with Gasteiger partial charge in [0.05, 0.1) is 11.7 Å². The molecule has 2 amide bonds. The number of carbonyl (C=O) groups is 2. The van der Waals surface area contributed by atoms with Gasteiger partial charge in [-0.25, -0.2) is 0 Å². The van der Waals surface area contributed by atoms with E-state index in [0.29, 0.717) is 5.69 Å². The van der Waals surface area contributed by atoms with Crippen LogP contribution in [-0.4, -0.2) is 22.0 Å². The number of carbonyl (C=O) groups excluding carboxylic acids is 2. The molecular formula is C19H16N4O2. The number of hydrogen-bond donors (Lipinski definition) is 3. The van der Waals surface area contributed by atoms with Crippen molar-refractivity contribution in [3.63, 3.8) is 0 Å². The van der Waals surface area contributed by atoms with Gasteiger partial charge in [-0.2, -0.15) is 5.10 Å². The number of rotatable bonds is 3. The molecule has 6 heteroatoms. The van der Waals surface area contributed by atoms with Crippen molar-refractivity contribution < 1.29 is 9.59 Å². The van der Waals surface area contributed by atoms with Gasteiger partial charge in [0.2, 0.25) is 5.91 Å². The Bertz CT molecular complexity index is 945. The maximum Gasteiger partial charge on any atom is 0.270 e. The van der Waals surface area contributed by atoms with Gasteiger partial charge in [0.15, 0.2) is 0 Å². The van der Waals surface area contributed by atoms with Crippen LogP contribution in [0.4, 0.5) is 5.69 Å². The molecule has 0 spiro atoms. The number of anilines is 1. The van der Waals surface area contributed by atoms with Crippen LogP contribution in [0.2, 0.25) is 0 Å². The van der Waals surface area contributed by atoms with E-state index < -0.39 is 0 Å². The van der Waals surface area contributed by atoms with E-state index in [1.807, 2.05) is 54.6 Å². The van der Waals surface area contributed by atoms with Crippen molar-refractivity contribution in [3.05, 3.63) is 71.4 Å². The molecule has 0 fully saturated rings. The summed E-state index contributed by atoms with van der Waals surface area (Å²) in [6.45, 7) is 1.47. The monoisotopic (exact) mass is 332 g/mol. The van der Waals surface area contributed by atoms with Gasteiger partial charge in [-0.05, 0) is 17.7 Å². The van der Waals surface area contributed by atoms with Gasteiger partial charge in [0.1, 0.15) is 5.69 Å². The maximum atomic E-state index is 12.3. The first-order valence-corrected chi connectivity index (χ1v) is 7.95. The number of benzene rings is 2. The van der Waals surface area contributed by atoms with Gasteiger partial charge in [-0.15, -0.1) is 0 Å². The van der Waals surface area contributed by atoms with Gasteiger partial charge in [0, 0.05) is 23.7 Å². The molecule has 0 radical (unpaired) electrons. The summed E-state index contributed by atoms with van der Waals surface area (Å²) in [7, 11) is 0. The standard InChI is InChI=1S/C19H16N4O2/c1-11(24)20-14-9-7-13(8-10-14)16-15-17(12-5-3-2-4-6-12)22-23-18(15)19(25)21-16/h2-10,16H,1H3,(H,20,24)(H,21,25)(H,22,23). The van der Waals surface area contributed by atoms with Crippen molar-refractivity contribution in [2.24, 2.45) is 0 Å². The van der Waals surface area contributed by atoms with E-state index in [-0.39, 0.29) is 17.9 Å². The number of fused-ring (bicyclic) bond motifs is 1. The molecule has 2 aromatic carbocycles. The van der Waals surface area contributed by atoms with Gasteiger partial charge >= 0.3 is 0 Å². The Balaban J connectivity index is 1.74. The molecule has 0 saturated heterocycles. The highest BCUT2D eigenvalue weighted by Gasteiger charge is 2.35. The molecular weight excluding hydrogens is 316 g/mol. The summed E-state index contributed by atoms with van der Waals surface area (Å²) >= 11 is 0. The van der Waals surface area contributed by atoms with Crippen LogP contribution in [0.1, 0.15) is 34.6 Å². The van der Waals surface area contributed by atoms with Crippen molar-refractivity contribution in [2.45, 2.75) is 13.0 Å². The number of H-pyrrole nitrogens is 1. The largest absolute Gasteiger partial charge is 0.340 e. The smallest absolute Gasteiger partial charge is 0.270 e. The average Bonchev–Trinajstić information content (AvgIpc) is 3.18. The Morgan fingerprint density at radius 2 is 1.80 bits per heavy atom. The van der Waals surface area contributed by atoms with Crippen molar-refractivity contribution in [3.8, 4) is 11.3 Å². The van der Waals surface area contributed by atoms with Crippen molar-refractivity contribution in [1.29, 1.82) is 0 Å². The minimum Gasteiger partial charge on any atom is -0.340 e. The fourth-order valence-corrected chi connectivity index (χ4v) is 3.11. The third-order valence-electron chi connectivity index (χ3n) is 4.21. The second kappa shape index (κ2) is 5.90. The Hall–Kier alpha value is -3.41. The molecule has 1 unspecified atom stereocenters. The quantitative estimate of drug-likeness (QED) is 0.689. The van der Waals surface area contributed by atoms with Crippen LogP contribution in [0.5, 0.6) is 0 Å². The van der Waals surface area contributed by atoms with Crippen LogP contribution in [0.15, 0.2) is 54.6 Å². The average molecular weight is 332 g/mol. The Morgan fingerprint density at radius 1 is 1.08 bits per heavy atom. The Kier molecular flexibility index (Phi) is 3.57. The Labute approximate surface area is 144 Å². The van der Waals surface area contributed by atoms with Gasteiger partial charge < -0.3 is 10.6 Å². The van der Waals surface area contributed by atoms with Crippen molar-refractivity contribution in [1.82, 2.24) is 15.5 Å². The SMILES string of the molecule is CC(=O)Nc1ccc(C2NC(=O)c3[nH]nc(-c4ccccc4)c32)cc1. The van der Waals surface area contributed by atoms with Crippen LogP contribution < -0.4 is 10.6 Å². The summed E-state index contributed by atoms with van der Waals surface area (Å²) in [5, 5.41) is 12.9. The van der Waals surface area contributed by atoms with Gasteiger partial charge in [0.25, 0.3) is 5.91 Å². The lowest BCUT2D eigenvalue weighted by molar-refractivity contribution is -0.114. The molecule has 0 bridgehead atoms. The number of aromatic nitrogens is 2. The van der Waals surface area contributed by atoms with Crippen molar-refractivity contribution >= 4 is 17.5 Å². The van der Waals surface area contributed by atoms with Gasteiger partial charge in [-0.3, -0.25) is 14.7 Å². The van der Waals surface area contributed by atoms with Crippen molar-refractivity contribution in [2.75, 3.05) is 5.32 Å². The zero-order chi connectivity index (χ0) is 17.4. The van der Waals surface area contributed by atoms with Crippen LogP contribution in [0.25, 0.3) is 11.3 Å². The molecule has 3 N–H and O–H groups in total. The third kappa shape index (κ3) is 2.67. The highest BCUT2D eigenvalue weighted by Crippen LogP contribution is 2.37. The number of hydrogen-bond acceptors (Lipinski definition) is 3. The zero-order valence-corrected chi connectivity index (χ0v) is 13.5. The minimum atomic E-state index is -0.275. The van der Waals surface area contributed by atoms with E-state index in [2.05, 4.69) is 20.8 Å². The number of amides is 2. The summed E-state index contributed by atoms with van der Waals surface area (Å²) < 4.78 is 0. The zero-order valence-electron chi connectivity index (χ0n) is 13.5. The normalized spacial score (nSPS) is 15.6. The summed E-state index contributed by atoms with van der Waals surface area (Å²) in [4.78, 5) is 23.4. The van der Waals surface area contributed by atoms with E-state index in [4.69, 9.17) is 0 Å². The van der Waals surface area contributed by atoms with Crippen LogP contribution in [0, 0.1) is 0 Å². The second-order valence-corrected chi connectivity index (χ2v) is 5.94. The van der Waals surface area contributed by atoms with Crippen LogP contribution in [0.3, 0.4) is 0 Å². The van der Waals surface area contributed by atoms with E-state index >= 15 is 0 Å². The maximum absolute atomic E-state index is 12.3. The highest BCUT2D eigenvalue weighted by atomic mass is 16.2. The lowest BCUT2D eigenvalue weighted by Crippen LogP contribution is -2.21. The van der Waals surface area contributed by atoms with E-state index in [1.165, 1.54) is 6.92 Å². The summed E-state index contributed by atoms with van der Waals surface area (Å²) in [6.07, 6.45) is 0. The molecule has 1 aliphatic heterocycles. The highest BCUT2D eigenvalue weighted by molar-refractivity contribution is 6.00. The van der Waals surface area contributed by atoms with Gasteiger partial charge in [-0.1, -0.05) is 42.5 Å². The summed E-state index contributed by atoms with van der Waals surface area (Å²) in [5.74, 6) is -0.286. The van der Waals surface area contributed by atoms with E-state index in [1.54, 1.807) is 0 Å². The summed E-state index contributed by atoms with van der Waals surface area (Å²) in [6, 6.07) is 16.9. The first kappa shape index (κ1) is 15.1. The first-order chi connectivity index (χ1) is 12.1. The number of aromatic amines is 1. The minimum absolute atomic E-state index is 0.120. The van der Waals surface area contributed by atoms with Crippen LogP contribution >= 0.6 is 0 Å². The molecule has 0 saturated carbocycles. The molecule has 2 heterocycles. The summed E-state index contributed by atoms with van der Waals surface area (Å²) in [5.41, 5.74) is 4.72. The number of nitrogens with one attached hydrogen (secondary N) is 3. The molecule has 4 rings (SSSR count). The third-order valence-corrected chi connectivity index (χ3v) is 4.21. The molecule has 1 aliphatic rings. The fraction of sp³-hybridized carbons (Fsp3) is 0.105. The predicted molar refractivity (Wildman–Crippen MR) is 94.1 cm³/mol. The van der Waals surface area contributed by atoms with Crippen LogP contribution in [-0.2, 0) is 4.79 Å². The van der Waals surface area contributed by atoms with E-state index in [9.17, 15) is 9.59 Å². The second-order valence-electron chi connectivity index (χ2n) is 5.94. The topological polar surface area (TPSA) is 86.9 Å². The molecule has 1 aromatic heterocycles. The first-order valence-electron chi connectivity index (χ1n) is 7.95. The molecule has 0 aliphatic carbocycles. The Morgan fingerprint density at radius 3 is 2.48 bits per heavy atom. The lowest BCUT2D eigenvalue weighted by Gasteiger charge is -2.14. The molecule has 124 valence electrons. The predicted octanol–water partition coefficient (Wildman–Crippen LogP) is 2.87. The molecule has 3 aromatic rings. The molecule has 1 atom stereocenters. The lowest BCUT2D eigenvalue weighted by atomic mass is 9.96. The van der Waals surface area contributed by atoms with E-state index in [0.717, 1.165) is 28.1 Å².